The second-order valence-corrected chi connectivity index (χ2v) is 4.81. The molecule has 2 aromatic carbocycles. The Morgan fingerprint density at radius 3 is 2.38 bits per heavy atom. The molecule has 112 valence electrons. The molecule has 0 saturated carbocycles. The van der Waals surface area contributed by atoms with Crippen molar-refractivity contribution in [2.75, 3.05) is 12.4 Å². The summed E-state index contributed by atoms with van der Waals surface area (Å²) in [6, 6.07) is 6.51. The number of rotatable bonds is 4. The second kappa shape index (κ2) is 6.08. The molecule has 2 aromatic rings. The van der Waals surface area contributed by atoms with Crippen LogP contribution in [0.2, 0.25) is 0 Å². The minimum atomic E-state index is -0.682. The lowest BCUT2D eigenvalue weighted by Crippen LogP contribution is -2.10. The fourth-order valence-corrected chi connectivity index (χ4v) is 2.04. The molecule has 21 heavy (non-hydrogen) atoms. The van der Waals surface area contributed by atoms with Gasteiger partial charge in [0.2, 0.25) is 0 Å². The number of methoxy groups -OCH3 is 1. The fraction of sp³-hybridized carbons (Fsp3) is 0.250. The van der Waals surface area contributed by atoms with Crippen LogP contribution < -0.4 is 10.1 Å². The van der Waals surface area contributed by atoms with Gasteiger partial charge in [-0.15, -0.1) is 0 Å². The van der Waals surface area contributed by atoms with Crippen molar-refractivity contribution in [2.45, 2.75) is 19.9 Å². The molecule has 1 unspecified atom stereocenters. The van der Waals surface area contributed by atoms with Crippen LogP contribution in [0.25, 0.3) is 0 Å². The highest BCUT2D eigenvalue weighted by atomic mass is 19.1. The van der Waals surface area contributed by atoms with Gasteiger partial charge in [-0.05, 0) is 43.2 Å². The molecule has 0 amide bonds. The first kappa shape index (κ1) is 15.2. The molecule has 0 bridgehead atoms. The third-order valence-corrected chi connectivity index (χ3v) is 3.32. The number of aryl methyl sites for hydroxylation is 1. The molecular formula is C16H16F3NO. The van der Waals surface area contributed by atoms with E-state index in [1.54, 1.807) is 19.9 Å². The van der Waals surface area contributed by atoms with E-state index >= 15 is 0 Å². The standard InChI is InChI=1S/C16H16F3NO/c1-9-4-6-12(17)16(15(9)19)20-10(2)11-5-7-14(21-3)13(18)8-11/h4-8,10,20H,1-3H3. The van der Waals surface area contributed by atoms with E-state index in [1.165, 1.54) is 31.4 Å². The number of anilines is 1. The van der Waals surface area contributed by atoms with Crippen molar-refractivity contribution in [3.8, 4) is 5.75 Å². The third kappa shape index (κ3) is 3.12. The van der Waals surface area contributed by atoms with E-state index in [9.17, 15) is 13.2 Å². The van der Waals surface area contributed by atoms with E-state index in [0.29, 0.717) is 11.1 Å². The maximum absolute atomic E-state index is 13.9. The summed E-state index contributed by atoms with van der Waals surface area (Å²) in [5.74, 6) is -1.72. The van der Waals surface area contributed by atoms with Gasteiger partial charge in [-0.25, -0.2) is 13.2 Å². The normalized spacial score (nSPS) is 12.1. The molecule has 1 N–H and O–H groups in total. The van der Waals surface area contributed by atoms with Crippen LogP contribution >= 0.6 is 0 Å². The average molecular weight is 295 g/mol. The maximum Gasteiger partial charge on any atom is 0.165 e. The van der Waals surface area contributed by atoms with Gasteiger partial charge in [-0.1, -0.05) is 12.1 Å². The summed E-state index contributed by atoms with van der Waals surface area (Å²) in [4.78, 5) is 0. The van der Waals surface area contributed by atoms with Crippen molar-refractivity contribution in [1.82, 2.24) is 0 Å². The van der Waals surface area contributed by atoms with Gasteiger partial charge in [-0.2, -0.15) is 0 Å². The molecule has 2 nitrogen and oxygen atoms in total. The van der Waals surface area contributed by atoms with Gasteiger partial charge in [-0.3, -0.25) is 0 Å². The Kier molecular flexibility index (Phi) is 4.40. The average Bonchev–Trinajstić information content (AvgIpc) is 2.47. The zero-order valence-corrected chi connectivity index (χ0v) is 12.0. The van der Waals surface area contributed by atoms with Gasteiger partial charge < -0.3 is 10.1 Å². The Hall–Kier alpha value is -2.17. The third-order valence-electron chi connectivity index (χ3n) is 3.32. The Bertz CT molecular complexity index is 658. The van der Waals surface area contributed by atoms with Gasteiger partial charge in [0.1, 0.15) is 11.5 Å². The van der Waals surface area contributed by atoms with Crippen molar-refractivity contribution < 1.29 is 17.9 Å². The molecule has 0 heterocycles. The number of nitrogens with one attached hydrogen (secondary N) is 1. The van der Waals surface area contributed by atoms with Crippen LogP contribution in [0, 0.1) is 24.4 Å². The summed E-state index contributed by atoms with van der Waals surface area (Å²) >= 11 is 0. The molecule has 2 rings (SSSR count). The number of halogens is 3. The molecule has 0 aromatic heterocycles. The quantitative estimate of drug-likeness (QED) is 0.890. The van der Waals surface area contributed by atoms with Crippen LogP contribution in [0.5, 0.6) is 5.75 Å². The highest BCUT2D eigenvalue weighted by Gasteiger charge is 2.16. The van der Waals surface area contributed by atoms with Crippen LogP contribution in [-0.2, 0) is 0 Å². The first-order chi connectivity index (χ1) is 9.93. The fourth-order valence-electron chi connectivity index (χ4n) is 2.04. The summed E-state index contributed by atoms with van der Waals surface area (Å²) in [6.07, 6.45) is 0. The maximum atomic E-state index is 13.9. The topological polar surface area (TPSA) is 21.3 Å². The predicted octanol–water partition coefficient (Wildman–Crippen LogP) is 4.59. The molecule has 0 aliphatic carbocycles. The lowest BCUT2D eigenvalue weighted by Gasteiger charge is -2.18. The van der Waals surface area contributed by atoms with E-state index in [0.717, 1.165) is 0 Å². The molecule has 1 atom stereocenters. The van der Waals surface area contributed by atoms with E-state index in [-0.39, 0.29) is 11.4 Å². The Balaban J connectivity index is 2.28. The van der Waals surface area contributed by atoms with Crippen LogP contribution in [0.1, 0.15) is 24.1 Å². The number of hydrogen-bond donors (Lipinski definition) is 1. The van der Waals surface area contributed by atoms with E-state index in [1.807, 2.05) is 0 Å². The highest BCUT2D eigenvalue weighted by molar-refractivity contribution is 5.50. The molecule has 0 saturated heterocycles. The molecule has 0 spiro atoms. The SMILES string of the molecule is COc1ccc(C(C)Nc2c(F)ccc(C)c2F)cc1F. The summed E-state index contributed by atoms with van der Waals surface area (Å²) in [7, 11) is 1.37. The van der Waals surface area contributed by atoms with Gasteiger partial charge >= 0.3 is 0 Å². The first-order valence-electron chi connectivity index (χ1n) is 6.48. The van der Waals surface area contributed by atoms with Crippen LogP contribution in [-0.4, -0.2) is 7.11 Å². The molecule has 0 aliphatic heterocycles. The number of benzene rings is 2. The summed E-state index contributed by atoms with van der Waals surface area (Å²) in [5.41, 5.74) is 0.694. The van der Waals surface area contributed by atoms with Crippen molar-refractivity contribution >= 4 is 5.69 Å². The monoisotopic (exact) mass is 295 g/mol. The van der Waals surface area contributed by atoms with Crippen LogP contribution in [0.3, 0.4) is 0 Å². The minimum absolute atomic E-state index is 0.124. The Labute approximate surface area is 121 Å². The Morgan fingerprint density at radius 2 is 1.76 bits per heavy atom. The molecule has 0 aliphatic rings. The highest BCUT2D eigenvalue weighted by Crippen LogP contribution is 2.28. The van der Waals surface area contributed by atoms with Crippen molar-refractivity contribution in [3.63, 3.8) is 0 Å². The molecule has 5 heteroatoms. The van der Waals surface area contributed by atoms with Gasteiger partial charge in [0.15, 0.2) is 17.4 Å². The summed E-state index contributed by atoms with van der Waals surface area (Å²) < 4.78 is 46.2. The number of hydrogen-bond acceptors (Lipinski definition) is 2. The smallest absolute Gasteiger partial charge is 0.165 e. The Morgan fingerprint density at radius 1 is 1.05 bits per heavy atom. The van der Waals surface area contributed by atoms with Gasteiger partial charge in [0.25, 0.3) is 0 Å². The van der Waals surface area contributed by atoms with E-state index in [2.05, 4.69) is 5.32 Å². The van der Waals surface area contributed by atoms with Gasteiger partial charge in [0.05, 0.1) is 7.11 Å². The van der Waals surface area contributed by atoms with Gasteiger partial charge in [0, 0.05) is 6.04 Å². The van der Waals surface area contributed by atoms with E-state index < -0.39 is 23.5 Å². The largest absolute Gasteiger partial charge is 0.494 e. The van der Waals surface area contributed by atoms with Crippen LogP contribution in [0.15, 0.2) is 30.3 Å². The predicted molar refractivity (Wildman–Crippen MR) is 76.1 cm³/mol. The van der Waals surface area contributed by atoms with Crippen molar-refractivity contribution in [3.05, 3.63) is 58.9 Å². The summed E-state index contributed by atoms with van der Waals surface area (Å²) in [5, 5.41) is 2.74. The zero-order valence-electron chi connectivity index (χ0n) is 12.0. The number of ether oxygens (including phenoxy) is 1. The van der Waals surface area contributed by atoms with Crippen LogP contribution in [0.4, 0.5) is 18.9 Å². The first-order valence-corrected chi connectivity index (χ1v) is 6.48. The lowest BCUT2D eigenvalue weighted by atomic mass is 10.1. The summed E-state index contributed by atoms with van der Waals surface area (Å²) in [6.45, 7) is 3.25. The molecule has 0 radical (unpaired) electrons. The van der Waals surface area contributed by atoms with Crippen molar-refractivity contribution in [2.24, 2.45) is 0 Å². The lowest BCUT2D eigenvalue weighted by molar-refractivity contribution is 0.386. The molecule has 0 fully saturated rings. The van der Waals surface area contributed by atoms with E-state index in [4.69, 9.17) is 4.74 Å². The minimum Gasteiger partial charge on any atom is -0.494 e. The van der Waals surface area contributed by atoms with Crippen molar-refractivity contribution in [1.29, 1.82) is 0 Å². The second-order valence-electron chi connectivity index (χ2n) is 4.81. The zero-order chi connectivity index (χ0) is 15.6. The molecular weight excluding hydrogens is 279 g/mol.